The number of nitrogens with one attached hydrogen (secondary N) is 1. The highest BCUT2D eigenvalue weighted by molar-refractivity contribution is 4.70. The molecule has 1 heterocycles. The fourth-order valence-corrected chi connectivity index (χ4v) is 1.83. The molecule has 0 spiro atoms. The smallest absolute Gasteiger partial charge is 0.0900 e. The molecule has 5 nitrogen and oxygen atoms in total. The Morgan fingerprint density at radius 1 is 1.18 bits per heavy atom. The van der Waals surface area contributed by atoms with Crippen LogP contribution in [0.4, 0.5) is 0 Å². The van der Waals surface area contributed by atoms with Gasteiger partial charge in [-0.05, 0) is 6.42 Å². The van der Waals surface area contributed by atoms with Crippen LogP contribution in [0.15, 0.2) is 0 Å². The number of piperazine rings is 1. The summed E-state index contributed by atoms with van der Waals surface area (Å²) in [6.45, 7) is 9.21. The van der Waals surface area contributed by atoms with Crippen LogP contribution in [0.25, 0.3) is 0 Å². The predicted octanol–water partition coefficient (Wildman–Crippen LogP) is -0.304. The zero-order chi connectivity index (χ0) is 12.3. The highest BCUT2D eigenvalue weighted by atomic mass is 16.5. The Kier molecular flexibility index (Phi) is 8.56. The molecule has 0 aromatic heterocycles. The van der Waals surface area contributed by atoms with E-state index in [9.17, 15) is 5.11 Å². The lowest BCUT2D eigenvalue weighted by Crippen LogP contribution is -2.47. The normalized spacial score (nSPS) is 19.4. The third-order valence-electron chi connectivity index (χ3n) is 2.71. The van der Waals surface area contributed by atoms with E-state index in [1.54, 1.807) is 0 Å². The van der Waals surface area contributed by atoms with Crippen LogP contribution in [0.1, 0.15) is 13.3 Å². The average Bonchev–Trinajstić information content (AvgIpc) is 2.35. The first kappa shape index (κ1) is 14.9. The second-order valence-electron chi connectivity index (χ2n) is 4.39. The highest BCUT2D eigenvalue weighted by Crippen LogP contribution is 1.96. The van der Waals surface area contributed by atoms with Gasteiger partial charge in [0.15, 0.2) is 0 Å². The number of nitrogens with zero attached hydrogens (tertiary/aromatic N) is 1. The first-order chi connectivity index (χ1) is 8.33. The number of ether oxygens (including phenoxy) is 2. The van der Waals surface area contributed by atoms with Crippen molar-refractivity contribution < 1.29 is 14.6 Å². The lowest BCUT2D eigenvalue weighted by atomic mass is 10.3. The van der Waals surface area contributed by atoms with E-state index in [1.807, 2.05) is 0 Å². The summed E-state index contributed by atoms with van der Waals surface area (Å²) in [6.07, 6.45) is 0.644. The van der Waals surface area contributed by atoms with Gasteiger partial charge in [0.25, 0.3) is 0 Å². The Balaban J connectivity index is 1.91. The molecule has 0 amide bonds. The second-order valence-corrected chi connectivity index (χ2v) is 4.39. The first-order valence-corrected chi connectivity index (χ1v) is 6.59. The molecule has 1 unspecified atom stereocenters. The highest BCUT2D eigenvalue weighted by Gasteiger charge is 2.13. The second kappa shape index (κ2) is 9.79. The average molecular weight is 246 g/mol. The van der Waals surface area contributed by atoms with Crippen LogP contribution in [0.3, 0.4) is 0 Å². The lowest BCUT2D eigenvalue weighted by Gasteiger charge is -2.28. The van der Waals surface area contributed by atoms with Crippen molar-refractivity contribution >= 4 is 0 Å². The minimum atomic E-state index is -0.390. The summed E-state index contributed by atoms with van der Waals surface area (Å²) >= 11 is 0. The van der Waals surface area contributed by atoms with Crippen LogP contribution in [0, 0.1) is 0 Å². The molecular weight excluding hydrogens is 220 g/mol. The van der Waals surface area contributed by atoms with Gasteiger partial charge in [-0.25, -0.2) is 0 Å². The maximum absolute atomic E-state index is 9.78. The summed E-state index contributed by atoms with van der Waals surface area (Å²) in [5, 5.41) is 13.1. The van der Waals surface area contributed by atoms with Crippen molar-refractivity contribution in [3.05, 3.63) is 0 Å². The molecule has 0 bridgehead atoms. The van der Waals surface area contributed by atoms with Crippen molar-refractivity contribution in [2.45, 2.75) is 19.4 Å². The number of aliphatic hydroxyl groups excluding tert-OH is 1. The standard InChI is InChI=1S/C12H26N2O3/c1-2-7-16-8-9-17-11-12(15)10-14-5-3-13-4-6-14/h12-13,15H,2-11H2,1H3. The van der Waals surface area contributed by atoms with Gasteiger partial charge in [0.1, 0.15) is 0 Å². The lowest BCUT2D eigenvalue weighted by molar-refractivity contribution is -0.00850. The minimum absolute atomic E-state index is 0.390. The quantitative estimate of drug-likeness (QED) is 0.547. The van der Waals surface area contributed by atoms with Crippen LogP contribution in [-0.2, 0) is 9.47 Å². The summed E-state index contributed by atoms with van der Waals surface area (Å²) in [7, 11) is 0. The van der Waals surface area contributed by atoms with Crippen molar-refractivity contribution in [1.29, 1.82) is 0 Å². The number of aliphatic hydroxyl groups is 1. The molecule has 0 aliphatic carbocycles. The number of β-amino-alcohol motifs (C(OH)–C–C–N with tert-alkyl or cyclic N) is 1. The van der Waals surface area contributed by atoms with E-state index >= 15 is 0 Å². The largest absolute Gasteiger partial charge is 0.389 e. The molecule has 0 saturated carbocycles. The zero-order valence-corrected chi connectivity index (χ0v) is 10.9. The molecule has 102 valence electrons. The van der Waals surface area contributed by atoms with Gasteiger partial charge in [-0.3, -0.25) is 4.90 Å². The molecule has 0 aromatic rings. The molecule has 0 aromatic carbocycles. The third-order valence-corrected chi connectivity index (χ3v) is 2.71. The predicted molar refractivity (Wildman–Crippen MR) is 67.2 cm³/mol. The maximum atomic E-state index is 9.78. The van der Waals surface area contributed by atoms with Crippen molar-refractivity contribution in [1.82, 2.24) is 10.2 Å². The Morgan fingerprint density at radius 2 is 1.88 bits per heavy atom. The van der Waals surface area contributed by atoms with Crippen LogP contribution >= 0.6 is 0 Å². The number of hydrogen-bond donors (Lipinski definition) is 2. The fourth-order valence-electron chi connectivity index (χ4n) is 1.83. The van der Waals surface area contributed by atoms with Crippen molar-refractivity contribution in [3.63, 3.8) is 0 Å². The van der Waals surface area contributed by atoms with E-state index in [2.05, 4.69) is 17.1 Å². The molecular formula is C12H26N2O3. The SMILES string of the molecule is CCCOCCOCC(O)CN1CCNCC1. The van der Waals surface area contributed by atoms with E-state index in [0.29, 0.717) is 26.4 Å². The van der Waals surface area contributed by atoms with Gasteiger partial charge in [0.05, 0.1) is 25.9 Å². The third kappa shape index (κ3) is 7.68. The van der Waals surface area contributed by atoms with Gasteiger partial charge in [-0.2, -0.15) is 0 Å². The maximum Gasteiger partial charge on any atom is 0.0900 e. The topological polar surface area (TPSA) is 54.0 Å². The summed E-state index contributed by atoms with van der Waals surface area (Å²) in [6, 6.07) is 0. The first-order valence-electron chi connectivity index (χ1n) is 6.59. The molecule has 17 heavy (non-hydrogen) atoms. The Morgan fingerprint density at radius 3 is 2.59 bits per heavy atom. The summed E-state index contributed by atoms with van der Waals surface area (Å²) in [5.41, 5.74) is 0. The molecule has 1 fully saturated rings. The number of rotatable bonds is 9. The van der Waals surface area contributed by atoms with Crippen molar-refractivity contribution in [3.8, 4) is 0 Å². The van der Waals surface area contributed by atoms with Gasteiger partial charge in [-0.1, -0.05) is 6.92 Å². The monoisotopic (exact) mass is 246 g/mol. The van der Waals surface area contributed by atoms with Crippen LogP contribution in [0.5, 0.6) is 0 Å². The molecule has 1 atom stereocenters. The molecule has 5 heteroatoms. The van der Waals surface area contributed by atoms with Gasteiger partial charge in [0, 0.05) is 39.3 Å². The zero-order valence-electron chi connectivity index (χ0n) is 10.9. The summed E-state index contributed by atoms with van der Waals surface area (Å²) in [4.78, 5) is 2.26. The van der Waals surface area contributed by atoms with E-state index in [0.717, 1.165) is 39.2 Å². The Hall–Kier alpha value is -0.200. The van der Waals surface area contributed by atoms with E-state index in [1.165, 1.54) is 0 Å². The summed E-state index contributed by atoms with van der Waals surface area (Å²) in [5.74, 6) is 0. The van der Waals surface area contributed by atoms with Crippen LogP contribution < -0.4 is 5.32 Å². The number of hydrogen-bond acceptors (Lipinski definition) is 5. The Bertz CT molecular complexity index is 175. The molecule has 1 rings (SSSR count). The van der Waals surface area contributed by atoms with E-state index < -0.39 is 0 Å². The van der Waals surface area contributed by atoms with Gasteiger partial charge in [0.2, 0.25) is 0 Å². The van der Waals surface area contributed by atoms with Gasteiger partial charge < -0.3 is 19.9 Å². The van der Waals surface area contributed by atoms with Crippen LogP contribution in [0.2, 0.25) is 0 Å². The molecule has 1 aliphatic heterocycles. The molecule has 1 aliphatic rings. The van der Waals surface area contributed by atoms with Crippen LogP contribution in [-0.4, -0.2) is 75.3 Å². The summed E-state index contributed by atoms with van der Waals surface area (Å²) < 4.78 is 10.7. The van der Waals surface area contributed by atoms with E-state index in [4.69, 9.17) is 9.47 Å². The molecule has 1 saturated heterocycles. The van der Waals surface area contributed by atoms with Gasteiger partial charge in [-0.15, -0.1) is 0 Å². The molecule has 2 N–H and O–H groups in total. The van der Waals surface area contributed by atoms with Gasteiger partial charge >= 0.3 is 0 Å². The molecule has 0 radical (unpaired) electrons. The minimum Gasteiger partial charge on any atom is -0.389 e. The Labute approximate surface area is 104 Å². The van der Waals surface area contributed by atoms with E-state index in [-0.39, 0.29) is 6.10 Å². The fraction of sp³-hybridized carbons (Fsp3) is 1.00. The van der Waals surface area contributed by atoms with Crippen molar-refractivity contribution in [2.24, 2.45) is 0 Å². The van der Waals surface area contributed by atoms with Crippen molar-refractivity contribution in [2.75, 3.05) is 59.2 Å².